The zero-order valence-corrected chi connectivity index (χ0v) is 12.5. The first kappa shape index (κ1) is 13.4. The first-order valence-corrected chi connectivity index (χ1v) is 7.49. The van der Waals surface area contributed by atoms with E-state index < -0.39 is 0 Å². The van der Waals surface area contributed by atoms with E-state index in [-0.39, 0.29) is 0 Å². The van der Waals surface area contributed by atoms with Gasteiger partial charge in [0.2, 0.25) is 0 Å². The van der Waals surface area contributed by atoms with Crippen molar-refractivity contribution < 1.29 is 0 Å². The number of halogens is 1. The fourth-order valence-corrected chi connectivity index (χ4v) is 2.41. The van der Waals surface area contributed by atoms with Gasteiger partial charge in [0.1, 0.15) is 5.82 Å². The van der Waals surface area contributed by atoms with Gasteiger partial charge in [-0.05, 0) is 46.6 Å². The Kier molecular flexibility index (Phi) is 5.01. The molecule has 0 aliphatic heterocycles. The lowest BCUT2D eigenvalue weighted by atomic mass is 10.3. The minimum Gasteiger partial charge on any atom is -0.370 e. The third-order valence-electron chi connectivity index (χ3n) is 2.27. The summed E-state index contributed by atoms with van der Waals surface area (Å²) in [6.07, 6.45) is 3.72. The van der Waals surface area contributed by atoms with Gasteiger partial charge in [-0.15, -0.1) is 11.8 Å². The number of thioether (sulfide) groups is 1. The number of nitrogens with zero attached hydrogens (tertiary/aromatic N) is 2. The molecule has 2 aromatic heterocycles. The van der Waals surface area contributed by atoms with Crippen LogP contribution < -0.4 is 5.32 Å². The molecule has 2 heterocycles. The summed E-state index contributed by atoms with van der Waals surface area (Å²) in [6, 6.07) is 8.11. The topological polar surface area (TPSA) is 37.8 Å². The highest BCUT2D eigenvalue weighted by Crippen LogP contribution is 2.22. The minimum absolute atomic E-state index is 0.883. The molecule has 0 saturated carbocycles. The zero-order valence-electron chi connectivity index (χ0n) is 10.1. The van der Waals surface area contributed by atoms with Gasteiger partial charge in [0.05, 0.1) is 5.03 Å². The molecule has 0 saturated heterocycles. The Bertz CT molecular complexity index is 485. The first-order valence-electron chi connectivity index (χ1n) is 5.71. The summed E-state index contributed by atoms with van der Waals surface area (Å²) in [5, 5.41) is 4.20. The van der Waals surface area contributed by atoms with Gasteiger partial charge in [0.25, 0.3) is 0 Å². The van der Waals surface area contributed by atoms with Crippen LogP contribution >= 0.6 is 27.7 Å². The van der Waals surface area contributed by atoms with Crippen molar-refractivity contribution in [2.45, 2.75) is 17.7 Å². The van der Waals surface area contributed by atoms with Crippen molar-refractivity contribution in [1.82, 2.24) is 9.97 Å². The third kappa shape index (κ3) is 3.99. The molecule has 94 valence electrons. The smallest absolute Gasteiger partial charge is 0.125 e. The molecule has 2 aromatic rings. The Balaban J connectivity index is 1.91. The summed E-state index contributed by atoms with van der Waals surface area (Å²) in [6.45, 7) is 2.95. The number of aromatic nitrogens is 2. The number of anilines is 1. The second kappa shape index (κ2) is 6.75. The molecule has 0 aliphatic carbocycles. The van der Waals surface area contributed by atoms with Crippen molar-refractivity contribution in [1.29, 1.82) is 0 Å². The summed E-state index contributed by atoms with van der Waals surface area (Å²) in [5.74, 6) is 1.81. The molecule has 3 nitrogen and oxygen atoms in total. The fourth-order valence-electron chi connectivity index (χ4n) is 1.40. The lowest BCUT2D eigenvalue weighted by molar-refractivity contribution is 1.12. The van der Waals surface area contributed by atoms with Gasteiger partial charge in [-0.1, -0.05) is 6.07 Å². The first-order chi connectivity index (χ1) is 8.78. The second-order valence-electron chi connectivity index (χ2n) is 3.69. The lowest BCUT2D eigenvalue weighted by Crippen LogP contribution is -1.98. The highest BCUT2D eigenvalue weighted by Gasteiger charge is 1.99. The molecule has 0 aliphatic rings. The van der Waals surface area contributed by atoms with Crippen LogP contribution in [0.15, 0.2) is 46.2 Å². The van der Waals surface area contributed by atoms with E-state index in [2.05, 4.69) is 44.2 Å². The highest BCUT2D eigenvalue weighted by atomic mass is 79.9. The quantitative estimate of drug-likeness (QED) is 0.845. The maximum absolute atomic E-state index is 4.34. The van der Waals surface area contributed by atoms with E-state index in [1.165, 1.54) is 5.56 Å². The summed E-state index contributed by atoms with van der Waals surface area (Å²) >= 11 is 5.08. The van der Waals surface area contributed by atoms with Crippen LogP contribution in [0.25, 0.3) is 0 Å². The third-order valence-corrected chi connectivity index (χ3v) is 3.75. The van der Waals surface area contributed by atoms with E-state index in [9.17, 15) is 0 Å². The molecule has 2 rings (SSSR count). The van der Waals surface area contributed by atoms with Crippen LogP contribution in [-0.4, -0.2) is 16.5 Å². The molecule has 0 aromatic carbocycles. The van der Waals surface area contributed by atoms with Gasteiger partial charge in [-0.2, -0.15) is 0 Å². The van der Waals surface area contributed by atoms with E-state index in [0.29, 0.717) is 0 Å². The molecule has 18 heavy (non-hydrogen) atoms. The Morgan fingerprint density at radius 1 is 1.17 bits per heavy atom. The van der Waals surface area contributed by atoms with Gasteiger partial charge in [-0.25, -0.2) is 9.97 Å². The number of nitrogens with one attached hydrogen (secondary N) is 1. The van der Waals surface area contributed by atoms with Crippen molar-refractivity contribution in [2.75, 3.05) is 11.9 Å². The maximum Gasteiger partial charge on any atom is 0.125 e. The summed E-state index contributed by atoms with van der Waals surface area (Å²) in [5.41, 5.74) is 1.20. The number of pyridine rings is 2. The van der Waals surface area contributed by atoms with Crippen LogP contribution in [0.2, 0.25) is 0 Å². The predicted molar refractivity (Wildman–Crippen MR) is 79.9 cm³/mol. The number of hydrogen-bond acceptors (Lipinski definition) is 4. The average molecular weight is 324 g/mol. The average Bonchev–Trinajstić information content (AvgIpc) is 2.40. The van der Waals surface area contributed by atoms with E-state index >= 15 is 0 Å². The second-order valence-corrected chi connectivity index (χ2v) is 5.60. The SMILES string of the molecule is CCNc1ccc(CSc2ccc(Br)cn2)cn1. The molecule has 0 amide bonds. The molecular formula is C13H14BrN3S. The highest BCUT2D eigenvalue weighted by molar-refractivity contribution is 9.10. The standard InChI is InChI=1S/C13H14BrN3S/c1-2-15-12-5-3-10(7-16-12)9-18-13-6-4-11(14)8-17-13/h3-8H,2,9H2,1H3,(H,15,16). The van der Waals surface area contributed by atoms with E-state index in [1.54, 1.807) is 11.8 Å². The van der Waals surface area contributed by atoms with Crippen LogP contribution in [0, 0.1) is 0 Å². The van der Waals surface area contributed by atoms with Crippen molar-refractivity contribution in [3.63, 3.8) is 0 Å². The van der Waals surface area contributed by atoms with Crippen molar-refractivity contribution in [3.8, 4) is 0 Å². The Hall–Kier alpha value is -1.07. The van der Waals surface area contributed by atoms with Crippen LogP contribution in [0.5, 0.6) is 0 Å². The molecule has 0 unspecified atom stereocenters. The Morgan fingerprint density at radius 3 is 2.67 bits per heavy atom. The van der Waals surface area contributed by atoms with Gasteiger partial charge < -0.3 is 5.32 Å². The summed E-state index contributed by atoms with van der Waals surface area (Å²) < 4.78 is 1.00. The molecule has 5 heteroatoms. The molecule has 0 fully saturated rings. The lowest BCUT2D eigenvalue weighted by Gasteiger charge is -2.04. The van der Waals surface area contributed by atoms with E-state index in [4.69, 9.17) is 0 Å². The molecule has 0 radical (unpaired) electrons. The molecule has 0 spiro atoms. The van der Waals surface area contributed by atoms with Crippen LogP contribution in [0.3, 0.4) is 0 Å². The van der Waals surface area contributed by atoms with Crippen molar-refractivity contribution in [3.05, 3.63) is 46.7 Å². The molecule has 1 N–H and O–H groups in total. The van der Waals surface area contributed by atoms with Crippen LogP contribution in [-0.2, 0) is 5.75 Å². The molecular weight excluding hydrogens is 310 g/mol. The van der Waals surface area contributed by atoms with Crippen LogP contribution in [0.4, 0.5) is 5.82 Å². The predicted octanol–water partition coefficient (Wildman–Crippen LogP) is 3.96. The monoisotopic (exact) mass is 323 g/mol. The van der Waals surface area contributed by atoms with Crippen molar-refractivity contribution in [2.24, 2.45) is 0 Å². The fraction of sp³-hybridized carbons (Fsp3) is 0.231. The summed E-state index contributed by atoms with van der Waals surface area (Å²) in [4.78, 5) is 8.67. The Labute approximate surface area is 120 Å². The van der Waals surface area contributed by atoms with Crippen molar-refractivity contribution >= 4 is 33.5 Å². The maximum atomic E-state index is 4.34. The molecule has 0 bridgehead atoms. The normalized spacial score (nSPS) is 10.3. The minimum atomic E-state index is 0.883. The number of rotatable bonds is 5. The van der Waals surface area contributed by atoms with E-state index in [1.807, 2.05) is 30.6 Å². The van der Waals surface area contributed by atoms with Gasteiger partial charge in [0.15, 0.2) is 0 Å². The van der Waals surface area contributed by atoms with E-state index in [0.717, 1.165) is 27.6 Å². The van der Waals surface area contributed by atoms with Gasteiger partial charge in [0, 0.05) is 29.2 Å². The number of hydrogen-bond donors (Lipinski definition) is 1. The summed E-state index contributed by atoms with van der Waals surface area (Å²) in [7, 11) is 0. The zero-order chi connectivity index (χ0) is 12.8. The van der Waals surface area contributed by atoms with Gasteiger partial charge in [-0.3, -0.25) is 0 Å². The largest absolute Gasteiger partial charge is 0.370 e. The van der Waals surface area contributed by atoms with Crippen LogP contribution in [0.1, 0.15) is 12.5 Å². The van der Waals surface area contributed by atoms with Gasteiger partial charge >= 0.3 is 0 Å². The Morgan fingerprint density at radius 2 is 2.06 bits per heavy atom. The molecule has 0 atom stereocenters.